The van der Waals surface area contributed by atoms with Crippen LogP contribution in [0.1, 0.15) is 11.5 Å². The van der Waals surface area contributed by atoms with Crippen molar-refractivity contribution in [3.8, 4) is 0 Å². The molecule has 0 radical (unpaired) electrons. The molecule has 2 rings (SSSR count). The van der Waals surface area contributed by atoms with E-state index in [1.807, 2.05) is 0 Å². The zero-order valence-electron chi connectivity index (χ0n) is 9.58. The minimum atomic E-state index is -4.51. The lowest BCUT2D eigenvalue weighted by Crippen LogP contribution is -2.48. The Hall–Kier alpha value is -1.86. The number of rotatable bonds is 1. The second-order valence-corrected chi connectivity index (χ2v) is 3.93. The largest absolute Gasteiger partial charge is 0.433 e. The van der Waals surface area contributed by atoms with Gasteiger partial charge in [0.25, 0.3) is 0 Å². The number of hydrogen-bond donors (Lipinski definition) is 1. The average molecular weight is 260 g/mol. The average Bonchev–Trinajstić information content (AvgIpc) is 2.27. The molecule has 0 atom stereocenters. The number of aromatic nitrogens is 2. The minimum Gasteiger partial charge on any atom is -0.353 e. The second-order valence-electron chi connectivity index (χ2n) is 3.93. The molecule has 0 spiro atoms. The molecule has 0 unspecified atom stereocenters. The molecule has 5 nitrogen and oxygen atoms in total. The number of aryl methyl sites for hydroxylation is 1. The molecule has 2 heterocycles. The first kappa shape index (κ1) is 12.6. The standard InChI is InChI=1S/C10H11F3N4O/c1-6-15-7(10(11,12)13)4-8(16-6)17-3-2-14-9(18)5-17/h4H,2-3,5H2,1H3,(H,14,18). The maximum Gasteiger partial charge on any atom is 0.433 e. The molecule has 8 heteroatoms. The van der Waals surface area contributed by atoms with Gasteiger partial charge in [0.15, 0.2) is 0 Å². The molecule has 1 N–H and O–H groups in total. The quantitative estimate of drug-likeness (QED) is 0.809. The first-order valence-electron chi connectivity index (χ1n) is 5.31. The molecule has 98 valence electrons. The number of anilines is 1. The predicted molar refractivity (Wildman–Crippen MR) is 57.0 cm³/mol. The van der Waals surface area contributed by atoms with Crippen molar-refractivity contribution in [1.82, 2.24) is 15.3 Å². The van der Waals surface area contributed by atoms with Gasteiger partial charge in [-0.15, -0.1) is 0 Å². The summed E-state index contributed by atoms with van der Waals surface area (Å²) < 4.78 is 37.8. The maximum absolute atomic E-state index is 12.6. The van der Waals surface area contributed by atoms with Gasteiger partial charge >= 0.3 is 6.18 Å². The van der Waals surface area contributed by atoms with E-state index in [0.29, 0.717) is 13.1 Å². The molecule has 1 aromatic heterocycles. The summed E-state index contributed by atoms with van der Waals surface area (Å²) in [6, 6.07) is 0.867. The molecule has 1 amide bonds. The van der Waals surface area contributed by atoms with Crippen LogP contribution in [-0.2, 0) is 11.0 Å². The van der Waals surface area contributed by atoms with E-state index >= 15 is 0 Å². The third-order valence-electron chi connectivity index (χ3n) is 2.48. The van der Waals surface area contributed by atoms with Crippen molar-refractivity contribution < 1.29 is 18.0 Å². The van der Waals surface area contributed by atoms with Crippen molar-refractivity contribution in [2.75, 3.05) is 24.5 Å². The normalized spacial score (nSPS) is 16.7. The van der Waals surface area contributed by atoms with E-state index in [4.69, 9.17) is 0 Å². The molecular weight excluding hydrogens is 249 g/mol. The zero-order chi connectivity index (χ0) is 13.3. The molecule has 1 fully saturated rings. The van der Waals surface area contributed by atoms with Crippen LogP contribution in [0.25, 0.3) is 0 Å². The Bertz CT molecular complexity index is 475. The van der Waals surface area contributed by atoms with Crippen LogP contribution in [0.2, 0.25) is 0 Å². The minimum absolute atomic E-state index is 0.00769. The highest BCUT2D eigenvalue weighted by molar-refractivity contribution is 5.82. The maximum atomic E-state index is 12.6. The summed E-state index contributed by atoms with van der Waals surface area (Å²) in [4.78, 5) is 20.0. The summed E-state index contributed by atoms with van der Waals surface area (Å²) >= 11 is 0. The molecule has 1 aliphatic rings. The smallest absolute Gasteiger partial charge is 0.353 e. The number of nitrogens with zero attached hydrogens (tertiary/aromatic N) is 3. The lowest BCUT2D eigenvalue weighted by Gasteiger charge is -2.28. The molecule has 1 saturated heterocycles. The van der Waals surface area contributed by atoms with E-state index in [2.05, 4.69) is 15.3 Å². The number of halogens is 3. The third-order valence-corrected chi connectivity index (χ3v) is 2.48. The fourth-order valence-corrected chi connectivity index (χ4v) is 1.69. The zero-order valence-corrected chi connectivity index (χ0v) is 9.58. The summed E-state index contributed by atoms with van der Waals surface area (Å²) in [6.07, 6.45) is -4.51. The summed E-state index contributed by atoms with van der Waals surface area (Å²) in [5.41, 5.74) is -0.990. The number of alkyl halides is 3. The van der Waals surface area contributed by atoms with Crippen molar-refractivity contribution in [2.24, 2.45) is 0 Å². The Morgan fingerprint density at radius 3 is 2.72 bits per heavy atom. The van der Waals surface area contributed by atoms with E-state index in [1.54, 1.807) is 0 Å². The van der Waals surface area contributed by atoms with E-state index in [9.17, 15) is 18.0 Å². The van der Waals surface area contributed by atoms with Crippen molar-refractivity contribution in [1.29, 1.82) is 0 Å². The van der Waals surface area contributed by atoms with Gasteiger partial charge < -0.3 is 10.2 Å². The van der Waals surface area contributed by atoms with Gasteiger partial charge in [-0.05, 0) is 6.92 Å². The van der Waals surface area contributed by atoms with Crippen LogP contribution in [0, 0.1) is 6.92 Å². The van der Waals surface area contributed by atoms with E-state index in [1.165, 1.54) is 11.8 Å². The van der Waals surface area contributed by atoms with Gasteiger partial charge in [0.2, 0.25) is 5.91 Å². The Kier molecular flexibility index (Phi) is 3.10. The van der Waals surface area contributed by atoms with Crippen molar-refractivity contribution in [3.05, 3.63) is 17.6 Å². The van der Waals surface area contributed by atoms with Crippen LogP contribution >= 0.6 is 0 Å². The fourth-order valence-electron chi connectivity index (χ4n) is 1.69. The predicted octanol–water partition coefficient (Wildman–Crippen LogP) is 0.740. The highest BCUT2D eigenvalue weighted by atomic mass is 19.4. The molecule has 0 aliphatic carbocycles. The number of hydrogen-bond acceptors (Lipinski definition) is 4. The third kappa shape index (κ3) is 2.69. The van der Waals surface area contributed by atoms with E-state index in [0.717, 1.165) is 6.07 Å². The van der Waals surface area contributed by atoms with Crippen molar-refractivity contribution in [3.63, 3.8) is 0 Å². The molecule has 1 aliphatic heterocycles. The van der Waals surface area contributed by atoms with Gasteiger partial charge in [0.05, 0.1) is 6.54 Å². The number of nitrogens with one attached hydrogen (secondary N) is 1. The molecule has 0 aromatic carbocycles. The highest BCUT2D eigenvalue weighted by Crippen LogP contribution is 2.29. The molecule has 0 saturated carbocycles. The van der Waals surface area contributed by atoms with Crippen LogP contribution in [0.5, 0.6) is 0 Å². The van der Waals surface area contributed by atoms with Crippen LogP contribution in [-0.4, -0.2) is 35.5 Å². The van der Waals surface area contributed by atoms with Gasteiger partial charge in [0, 0.05) is 19.2 Å². The SMILES string of the molecule is Cc1nc(N2CCNC(=O)C2)cc(C(F)(F)F)n1. The fraction of sp³-hybridized carbons (Fsp3) is 0.500. The first-order chi connectivity index (χ1) is 8.36. The summed E-state index contributed by atoms with van der Waals surface area (Å²) in [5.74, 6) is -0.0680. The first-order valence-corrected chi connectivity index (χ1v) is 5.31. The molecular formula is C10H11F3N4O. The van der Waals surface area contributed by atoms with Gasteiger partial charge in [0.1, 0.15) is 17.3 Å². The molecule has 18 heavy (non-hydrogen) atoms. The Morgan fingerprint density at radius 2 is 2.11 bits per heavy atom. The number of carbonyl (C=O) groups excluding carboxylic acids is 1. The number of carbonyl (C=O) groups is 1. The highest BCUT2D eigenvalue weighted by Gasteiger charge is 2.34. The van der Waals surface area contributed by atoms with Crippen LogP contribution in [0.15, 0.2) is 6.07 Å². The topological polar surface area (TPSA) is 58.1 Å². The number of piperazine rings is 1. The van der Waals surface area contributed by atoms with Crippen LogP contribution < -0.4 is 10.2 Å². The second kappa shape index (κ2) is 4.43. The summed E-state index contributed by atoms with van der Waals surface area (Å²) in [6.45, 7) is 2.22. The summed E-state index contributed by atoms with van der Waals surface area (Å²) in [5, 5.41) is 2.59. The van der Waals surface area contributed by atoms with Crippen LogP contribution in [0.4, 0.5) is 19.0 Å². The van der Waals surface area contributed by atoms with E-state index in [-0.39, 0.29) is 24.1 Å². The van der Waals surface area contributed by atoms with Crippen LogP contribution in [0.3, 0.4) is 0 Å². The van der Waals surface area contributed by atoms with Gasteiger partial charge in [-0.1, -0.05) is 0 Å². The number of amides is 1. The Morgan fingerprint density at radius 1 is 1.39 bits per heavy atom. The Balaban J connectivity index is 2.33. The van der Waals surface area contributed by atoms with Crippen molar-refractivity contribution in [2.45, 2.75) is 13.1 Å². The van der Waals surface area contributed by atoms with Crippen molar-refractivity contribution >= 4 is 11.7 Å². The molecule has 1 aromatic rings. The van der Waals surface area contributed by atoms with E-state index < -0.39 is 11.9 Å². The monoisotopic (exact) mass is 260 g/mol. The summed E-state index contributed by atoms with van der Waals surface area (Å²) in [7, 11) is 0. The molecule has 0 bridgehead atoms. The van der Waals surface area contributed by atoms with Gasteiger partial charge in [-0.3, -0.25) is 4.79 Å². The lowest BCUT2D eigenvalue weighted by molar-refractivity contribution is -0.141. The van der Waals surface area contributed by atoms with Gasteiger partial charge in [-0.2, -0.15) is 13.2 Å². The van der Waals surface area contributed by atoms with Gasteiger partial charge in [-0.25, -0.2) is 9.97 Å². The Labute approximate surface area is 101 Å². The lowest BCUT2D eigenvalue weighted by atomic mass is 10.3.